The lowest BCUT2D eigenvalue weighted by Crippen LogP contribution is -2.61. The van der Waals surface area contributed by atoms with Gasteiger partial charge in [0.2, 0.25) is 0 Å². The van der Waals surface area contributed by atoms with Crippen molar-refractivity contribution in [1.82, 2.24) is 0 Å². The monoisotopic (exact) mass is 570 g/mol. The van der Waals surface area contributed by atoms with E-state index in [-0.39, 0.29) is 6.61 Å². The Morgan fingerprint density at radius 3 is 1.49 bits per heavy atom. The smallest absolute Gasteiger partial charge is 0.337 e. The van der Waals surface area contributed by atoms with Gasteiger partial charge in [-0.25, -0.2) is 4.79 Å². The summed E-state index contributed by atoms with van der Waals surface area (Å²) in [5.74, 6) is -0.517. The van der Waals surface area contributed by atoms with E-state index in [0.29, 0.717) is 13.2 Å². The summed E-state index contributed by atoms with van der Waals surface area (Å²) in [7, 11) is 1.36. The predicted molar refractivity (Wildman–Crippen MR) is 158 cm³/mol. The van der Waals surface area contributed by atoms with Gasteiger partial charge in [0.25, 0.3) is 0 Å². The fourth-order valence-electron chi connectivity index (χ4n) is 4.69. The van der Waals surface area contributed by atoms with Crippen molar-refractivity contribution in [3.63, 3.8) is 0 Å². The van der Waals surface area contributed by atoms with Crippen LogP contribution in [0.1, 0.15) is 16.7 Å². The van der Waals surface area contributed by atoms with Gasteiger partial charge in [-0.2, -0.15) is 0 Å². The summed E-state index contributed by atoms with van der Waals surface area (Å²) in [6, 6.07) is 39.6. The van der Waals surface area contributed by atoms with E-state index in [1.165, 1.54) is 18.9 Å². The zero-order valence-electron chi connectivity index (χ0n) is 22.9. The van der Waals surface area contributed by atoms with Crippen molar-refractivity contribution in [3.8, 4) is 0 Å². The van der Waals surface area contributed by atoms with E-state index in [9.17, 15) is 4.79 Å². The van der Waals surface area contributed by atoms with E-state index in [4.69, 9.17) is 23.7 Å². The highest BCUT2D eigenvalue weighted by atomic mass is 32.2. The lowest BCUT2D eigenvalue weighted by atomic mass is 9.98. The summed E-state index contributed by atoms with van der Waals surface area (Å²) >= 11 is 1.49. The van der Waals surface area contributed by atoms with Crippen LogP contribution in [0.15, 0.2) is 126 Å². The molecule has 212 valence electrons. The predicted octanol–water partition coefficient (Wildman–Crippen LogP) is 6.43. The van der Waals surface area contributed by atoms with Crippen LogP contribution in [0.4, 0.5) is 0 Å². The first kappa shape index (κ1) is 29.0. The number of ether oxygens (including phenoxy) is 5. The van der Waals surface area contributed by atoms with Crippen molar-refractivity contribution >= 4 is 17.7 Å². The van der Waals surface area contributed by atoms with Gasteiger partial charge >= 0.3 is 5.97 Å². The van der Waals surface area contributed by atoms with E-state index in [1.54, 1.807) is 0 Å². The molecule has 1 saturated heterocycles. The van der Waals surface area contributed by atoms with E-state index in [0.717, 1.165) is 21.6 Å². The molecule has 4 aromatic carbocycles. The fraction of sp³-hybridized carbons (Fsp3) is 0.265. The van der Waals surface area contributed by atoms with Crippen LogP contribution < -0.4 is 0 Å². The van der Waals surface area contributed by atoms with Gasteiger partial charge in [0, 0.05) is 4.90 Å². The standard InChI is InChI=1S/C34H34O6S/c1-36-33(35)31-29(37-22-25-14-6-2-7-15-25)30(38-23-26-16-8-3-9-17-26)32(39-24-27-18-10-4-11-19-27)34(40-31)41-28-20-12-5-13-21-28/h2-21,29-32,34H,22-24H2,1H3/t29-,30-,31+,32-,34+/m0/s1. The molecule has 1 fully saturated rings. The van der Waals surface area contributed by atoms with Crippen LogP contribution in [-0.2, 0) is 48.3 Å². The van der Waals surface area contributed by atoms with Crippen LogP contribution in [0.5, 0.6) is 0 Å². The minimum Gasteiger partial charge on any atom is -0.467 e. The number of hydrogen-bond acceptors (Lipinski definition) is 7. The molecule has 5 atom stereocenters. The largest absolute Gasteiger partial charge is 0.467 e. The Morgan fingerprint density at radius 1 is 0.610 bits per heavy atom. The van der Waals surface area contributed by atoms with Crippen molar-refractivity contribution in [2.45, 2.75) is 54.6 Å². The molecule has 0 aromatic heterocycles. The summed E-state index contributed by atoms with van der Waals surface area (Å²) in [6.45, 7) is 0.939. The zero-order chi connectivity index (χ0) is 28.3. The van der Waals surface area contributed by atoms with Gasteiger partial charge in [-0.3, -0.25) is 0 Å². The summed E-state index contributed by atoms with van der Waals surface area (Å²) in [4.78, 5) is 14.1. The van der Waals surface area contributed by atoms with Crippen molar-refractivity contribution in [2.75, 3.05) is 7.11 Å². The molecule has 0 unspecified atom stereocenters. The molecule has 0 bridgehead atoms. The highest BCUT2D eigenvalue weighted by molar-refractivity contribution is 7.99. The maximum atomic E-state index is 13.2. The molecule has 0 aliphatic carbocycles. The molecule has 4 aromatic rings. The first-order valence-corrected chi connectivity index (χ1v) is 14.5. The number of carbonyl (C=O) groups excluding carboxylic acids is 1. The summed E-state index contributed by atoms with van der Waals surface area (Å²) < 4.78 is 31.3. The van der Waals surface area contributed by atoms with E-state index in [2.05, 4.69) is 0 Å². The van der Waals surface area contributed by atoms with Gasteiger partial charge in [0.1, 0.15) is 23.7 Å². The first-order chi connectivity index (χ1) is 20.2. The zero-order valence-corrected chi connectivity index (χ0v) is 23.7. The molecule has 0 saturated carbocycles. The SMILES string of the molecule is COC(=O)[C@@H]1O[C@H](Sc2ccccc2)[C@@H](OCc2ccccc2)[C@@H](OCc2ccccc2)[C@@H]1OCc1ccccc1. The molecular weight excluding hydrogens is 536 g/mol. The highest BCUT2D eigenvalue weighted by Gasteiger charge is 2.51. The van der Waals surface area contributed by atoms with Crippen molar-refractivity contribution < 1.29 is 28.5 Å². The number of methoxy groups -OCH3 is 1. The topological polar surface area (TPSA) is 63.2 Å². The lowest BCUT2D eigenvalue weighted by molar-refractivity contribution is -0.248. The molecule has 1 heterocycles. The van der Waals surface area contributed by atoms with Crippen molar-refractivity contribution in [3.05, 3.63) is 138 Å². The van der Waals surface area contributed by atoms with Crippen LogP contribution in [0.25, 0.3) is 0 Å². The number of esters is 1. The number of thioether (sulfide) groups is 1. The Bertz CT molecular complexity index is 1320. The maximum absolute atomic E-state index is 13.2. The Hall–Kier alpha value is -3.46. The molecule has 7 heteroatoms. The second kappa shape index (κ2) is 15.0. The van der Waals surface area contributed by atoms with Gasteiger partial charge in [0.05, 0.1) is 26.9 Å². The molecule has 5 rings (SSSR count). The Kier molecular flexibility index (Phi) is 10.6. The van der Waals surface area contributed by atoms with E-state index >= 15 is 0 Å². The number of benzene rings is 4. The summed E-state index contributed by atoms with van der Waals surface area (Å²) in [5, 5.41) is 0. The van der Waals surface area contributed by atoms with Gasteiger partial charge < -0.3 is 23.7 Å². The average molecular weight is 571 g/mol. The quantitative estimate of drug-likeness (QED) is 0.182. The molecule has 0 radical (unpaired) electrons. The first-order valence-electron chi connectivity index (χ1n) is 13.6. The van der Waals surface area contributed by atoms with Crippen LogP contribution in [-0.4, -0.2) is 42.9 Å². The second-order valence-electron chi connectivity index (χ2n) is 9.66. The summed E-state index contributed by atoms with van der Waals surface area (Å²) in [5.41, 5.74) is 2.43. The molecule has 0 amide bonds. The fourth-order valence-corrected chi connectivity index (χ4v) is 5.82. The van der Waals surface area contributed by atoms with Gasteiger partial charge in [0.15, 0.2) is 6.10 Å². The van der Waals surface area contributed by atoms with Gasteiger partial charge in [-0.15, -0.1) is 0 Å². The lowest BCUT2D eigenvalue weighted by Gasteiger charge is -2.45. The third kappa shape index (κ3) is 8.06. The molecule has 0 spiro atoms. The third-order valence-corrected chi connectivity index (χ3v) is 7.94. The second-order valence-corrected chi connectivity index (χ2v) is 10.8. The number of rotatable bonds is 12. The average Bonchev–Trinajstić information content (AvgIpc) is 3.04. The van der Waals surface area contributed by atoms with Crippen molar-refractivity contribution in [1.29, 1.82) is 0 Å². The molecule has 1 aliphatic rings. The highest BCUT2D eigenvalue weighted by Crippen LogP contribution is 2.38. The van der Waals surface area contributed by atoms with E-state index in [1.807, 2.05) is 121 Å². The molecule has 1 aliphatic heterocycles. The normalized spacial score (nSPS) is 22.2. The number of carbonyl (C=O) groups is 1. The number of hydrogen-bond donors (Lipinski definition) is 0. The molecule has 0 N–H and O–H groups in total. The van der Waals surface area contributed by atoms with Crippen molar-refractivity contribution in [2.24, 2.45) is 0 Å². The van der Waals surface area contributed by atoms with Crippen LogP contribution in [0, 0.1) is 0 Å². The Morgan fingerprint density at radius 2 is 1.02 bits per heavy atom. The minimum absolute atomic E-state index is 0.273. The molecular formula is C34H34O6S. The Balaban J connectivity index is 1.48. The summed E-state index contributed by atoms with van der Waals surface area (Å²) in [6.07, 6.45) is -2.99. The van der Waals surface area contributed by atoms with Crippen LogP contribution in [0.2, 0.25) is 0 Å². The molecule has 6 nitrogen and oxygen atoms in total. The van der Waals surface area contributed by atoms with E-state index < -0.39 is 35.8 Å². The maximum Gasteiger partial charge on any atom is 0.337 e. The van der Waals surface area contributed by atoms with Gasteiger partial charge in [-0.05, 0) is 28.8 Å². The van der Waals surface area contributed by atoms with Gasteiger partial charge in [-0.1, -0.05) is 121 Å². The molecule has 41 heavy (non-hydrogen) atoms. The minimum atomic E-state index is -1.01. The van der Waals surface area contributed by atoms with Crippen LogP contribution in [0.3, 0.4) is 0 Å². The van der Waals surface area contributed by atoms with Crippen LogP contribution >= 0.6 is 11.8 Å². The third-order valence-electron chi connectivity index (χ3n) is 6.78. The Labute approximate surface area is 245 Å².